The summed E-state index contributed by atoms with van der Waals surface area (Å²) in [5, 5.41) is 10.3. The third-order valence-corrected chi connectivity index (χ3v) is 3.49. The van der Waals surface area contributed by atoms with Crippen molar-refractivity contribution in [3.63, 3.8) is 0 Å². The van der Waals surface area contributed by atoms with E-state index in [1.165, 1.54) is 20.3 Å². The molecule has 2 aromatic rings. The van der Waals surface area contributed by atoms with Crippen molar-refractivity contribution >= 4 is 29.7 Å². The maximum atomic E-state index is 11.9. The van der Waals surface area contributed by atoms with Gasteiger partial charge in [-0.25, -0.2) is 4.79 Å². The summed E-state index contributed by atoms with van der Waals surface area (Å²) in [7, 11) is 2.67. The first-order valence-electron chi connectivity index (χ1n) is 6.49. The molecule has 2 rings (SSSR count). The van der Waals surface area contributed by atoms with Crippen molar-refractivity contribution in [2.45, 2.75) is 0 Å². The van der Waals surface area contributed by atoms with Crippen LogP contribution >= 0.6 is 11.6 Å². The van der Waals surface area contributed by atoms with E-state index in [2.05, 4.69) is 0 Å². The van der Waals surface area contributed by atoms with Gasteiger partial charge in [0.1, 0.15) is 17.1 Å². The predicted molar refractivity (Wildman–Crippen MR) is 86.4 cm³/mol. The summed E-state index contributed by atoms with van der Waals surface area (Å²) in [6, 6.07) is 10.8. The average molecular weight is 319 g/mol. The Morgan fingerprint density at radius 1 is 1.18 bits per heavy atom. The Morgan fingerprint density at radius 2 is 1.86 bits per heavy atom. The van der Waals surface area contributed by atoms with Crippen LogP contribution in [0.1, 0.15) is 21.5 Å². The van der Waals surface area contributed by atoms with Gasteiger partial charge in [0.25, 0.3) is 0 Å². The molecule has 0 amide bonds. The van der Waals surface area contributed by atoms with Crippen LogP contribution in [0.25, 0.3) is 12.2 Å². The van der Waals surface area contributed by atoms with Crippen LogP contribution in [0.3, 0.4) is 0 Å². The van der Waals surface area contributed by atoms with Crippen LogP contribution in [0.2, 0.25) is 5.02 Å². The second kappa shape index (κ2) is 7.00. The van der Waals surface area contributed by atoms with E-state index in [0.29, 0.717) is 5.56 Å². The number of phenols is 1. The molecule has 0 fully saturated rings. The number of halogens is 1. The second-order valence-electron chi connectivity index (χ2n) is 4.44. The molecule has 0 atom stereocenters. The molecule has 114 valence electrons. The van der Waals surface area contributed by atoms with Crippen LogP contribution in [0.5, 0.6) is 11.5 Å². The minimum atomic E-state index is -0.672. The molecule has 2 aromatic carbocycles. The monoisotopic (exact) mass is 318 g/mol. The highest BCUT2D eigenvalue weighted by Gasteiger charge is 2.21. The summed E-state index contributed by atoms with van der Waals surface area (Å²) < 4.78 is 9.81. The molecule has 0 saturated carbocycles. The molecule has 0 unspecified atom stereocenters. The zero-order valence-corrected chi connectivity index (χ0v) is 12.9. The maximum Gasteiger partial charge on any atom is 0.342 e. The first kappa shape index (κ1) is 15.9. The lowest BCUT2D eigenvalue weighted by Crippen LogP contribution is -2.05. The van der Waals surface area contributed by atoms with Gasteiger partial charge >= 0.3 is 5.97 Å². The molecule has 4 nitrogen and oxygen atoms in total. The van der Waals surface area contributed by atoms with Crippen LogP contribution < -0.4 is 4.74 Å². The highest BCUT2D eigenvalue weighted by Crippen LogP contribution is 2.38. The van der Waals surface area contributed by atoms with Gasteiger partial charge in [-0.3, -0.25) is 0 Å². The molecule has 0 saturated heterocycles. The van der Waals surface area contributed by atoms with E-state index in [9.17, 15) is 9.90 Å². The Balaban J connectivity index is 2.58. The Hall–Kier alpha value is -2.46. The van der Waals surface area contributed by atoms with Crippen LogP contribution in [0.4, 0.5) is 0 Å². The molecule has 0 aliphatic rings. The molecule has 0 radical (unpaired) electrons. The van der Waals surface area contributed by atoms with Crippen molar-refractivity contribution in [2.75, 3.05) is 14.2 Å². The standard InChI is InChI=1S/C17H15ClO4/c1-21-14-10-13(19)15(17(20)22-2)12(16(14)18)9-8-11-6-4-3-5-7-11/h3-10,19H,1-2H3. The zero-order valence-electron chi connectivity index (χ0n) is 12.2. The van der Waals surface area contributed by atoms with Gasteiger partial charge in [0.15, 0.2) is 0 Å². The number of hydrogen-bond donors (Lipinski definition) is 1. The first-order valence-corrected chi connectivity index (χ1v) is 6.87. The molecule has 0 spiro atoms. The quantitative estimate of drug-likeness (QED) is 0.683. The van der Waals surface area contributed by atoms with Gasteiger partial charge in [-0.15, -0.1) is 0 Å². The minimum Gasteiger partial charge on any atom is -0.507 e. The number of methoxy groups -OCH3 is 2. The van der Waals surface area contributed by atoms with E-state index in [-0.39, 0.29) is 22.1 Å². The van der Waals surface area contributed by atoms with Gasteiger partial charge in [0.05, 0.1) is 19.2 Å². The van der Waals surface area contributed by atoms with E-state index in [1.807, 2.05) is 30.3 Å². The molecule has 0 heterocycles. The molecule has 5 heteroatoms. The number of carbonyl (C=O) groups is 1. The fourth-order valence-corrected chi connectivity index (χ4v) is 2.29. The predicted octanol–water partition coefficient (Wildman–Crippen LogP) is 4.01. The Labute approximate surface area is 133 Å². The summed E-state index contributed by atoms with van der Waals surface area (Å²) in [5.74, 6) is -0.643. The summed E-state index contributed by atoms with van der Waals surface area (Å²) >= 11 is 6.26. The number of benzene rings is 2. The Morgan fingerprint density at radius 3 is 2.45 bits per heavy atom. The van der Waals surface area contributed by atoms with Gasteiger partial charge in [0.2, 0.25) is 0 Å². The lowest BCUT2D eigenvalue weighted by Gasteiger charge is -2.12. The molecular formula is C17H15ClO4. The number of hydrogen-bond acceptors (Lipinski definition) is 4. The number of esters is 1. The van der Waals surface area contributed by atoms with E-state index in [1.54, 1.807) is 12.2 Å². The number of carbonyl (C=O) groups excluding carboxylic acids is 1. The fraction of sp³-hybridized carbons (Fsp3) is 0.118. The van der Waals surface area contributed by atoms with Gasteiger partial charge in [-0.1, -0.05) is 54.1 Å². The van der Waals surface area contributed by atoms with Crippen molar-refractivity contribution in [1.82, 2.24) is 0 Å². The molecule has 0 aromatic heterocycles. The van der Waals surface area contributed by atoms with Gasteiger partial charge in [-0.2, -0.15) is 0 Å². The summed E-state index contributed by atoms with van der Waals surface area (Å²) in [4.78, 5) is 11.9. The first-order chi connectivity index (χ1) is 10.6. The third kappa shape index (κ3) is 3.23. The van der Waals surface area contributed by atoms with Crippen molar-refractivity contribution < 1.29 is 19.4 Å². The molecule has 0 bridgehead atoms. The lowest BCUT2D eigenvalue weighted by atomic mass is 10.0. The van der Waals surface area contributed by atoms with Crippen molar-refractivity contribution in [3.8, 4) is 11.5 Å². The van der Waals surface area contributed by atoms with Gasteiger partial charge in [-0.05, 0) is 5.56 Å². The number of rotatable bonds is 4. The zero-order chi connectivity index (χ0) is 16.1. The molecular weight excluding hydrogens is 304 g/mol. The molecule has 0 aliphatic heterocycles. The number of phenolic OH excluding ortho intramolecular Hbond substituents is 1. The third-order valence-electron chi connectivity index (χ3n) is 3.10. The smallest absolute Gasteiger partial charge is 0.342 e. The van der Waals surface area contributed by atoms with Crippen LogP contribution in [-0.2, 0) is 4.74 Å². The normalized spacial score (nSPS) is 10.7. The number of aromatic hydroxyl groups is 1. The van der Waals surface area contributed by atoms with Crippen LogP contribution in [-0.4, -0.2) is 25.3 Å². The van der Waals surface area contributed by atoms with Crippen molar-refractivity contribution in [1.29, 1.82) is 0 Å². The highest BCUT2D eigenvalue weighted by atomic mass is 35.5. The molecule has 1 N–H and O–H groups in total. The maximum absolute atomic E-state index is 11.9. The minimum absolute atomic E-state index is 0.000445. The van der Waals surface area contributed by atoms with E-state index in [4.69, 9.17) is 21.1 Å². The van der Waals surface area contributed by atoms with Crippen molar-refractivity contribution in [3.05, 3.63) is 58.1 Å². The summed E-state index contributed by atoms with van der Waals surface area (Å²) in [6.45, 7) is 0. The Kier molecular flexibility index (Phi) is 5.07. The van der Waals surface area contributed by atoms with E-state index in [0.717, 1.165) is 5.56 Å². The summed E-state index contributed by atoms with van der Waals surface area (Å²) in [5.41, 5.74) is 1.27. The number of ether oxygens (including phenoxy) is 2. The topological polar surface area (TPSA) is 55.8 Å². The summed E-state index contributed by atoms with van der Waals surface area (Å²) in [6.07, 6.45) is 3.43. The molecule has 22 heavy (non-hydrogen) atoms. The van der Waals surface area contributed by atoms with Crippen LogP contribution in [0, 0.1) is 0 Å². The fourth-order valence-electron chi connectivity index (χ4n) is 2.01. The highest BCUT2D eigenvalue weighted by molar-refractivity contribution is 6.34. The largest absolute Gasteiger partial charge is 0.507 e. The SMILES string of the molecule is COC(=O)c1c(O)cc(OC)c(Cl)c1C=Cc1ccccc1. The van der Waals surface area contributed by atoms with Crippen LogP contribution in [0.15, 0.2) is 36.4 Å². The molecule has 0 aliphatic carbocycles. The van der Waals surface area contributed by atoms with Crippen molar-refractivity contribution in [2.24, 2.45) is 0 Å². The average Bonchev–Trinajstić information content (AvgIpc) is 2.55. The lowest BCUT2D eigenvalue weighted by molar-refractivity contribution is 0.0597. The van der Waals surface area contributed by atoms with E-state index < -0.39 is 5.97 Å². The van der Waals surface area contributed by atoms with Gasteiger partial charge in [0, 0.05) is 11.6 Å². The second-order valence-corrected chi connectivity index (χ2v) is 4.81. The van der Waals surface area contributed by atoms with E-state index >= 15 is 0 Å². The van der Waals surface area contributed by atoms with Gasteiger partial charge < -0.3 is 14.6 Å². The Bertz CT molecular complexity index is 708.